The summed E-state index contributed by atoms with van der Waals surface area (Å²) in [5, 5.41) is 0. The van der Waals surface area contributed by atoms with Gasteiger partial charge in [-0.3, -0.25) is 0 Å². The third-order valence-corrected chi connectivity index (χ3v) is 2.19. The Hall–Kier alpha value is -1.16. The molecular formula is C9H14N4. The molecule has 1 heterocycles. The molecule has 0 aromatic carbocycles. The summed E-state index contributed by atoms with van der Waals surface area (Å²) in [6.07, 6.45) is 2.36. The Balaban J connectivity index is 2.36. The van der Waals surface area contributed by atoms with E-state index in [0.29, 0.717) is 11.7 Å². The second kappa shape index (κ2) is 2.96. The van der Waals surface area contributed by atoms with Crippen molar-refractivity contribution in [2.24, 2.45) is 5.73 Å². The molecule has 0 saturated heterocycles. The predicted octanol–water partition coefficient (Wildman–Crippen LogP) is 0.956. The van der Waals surface area contributed by atoms with E-state index in [1.807, 2.05) is 6.92 Å². The summed E-state index contributed by atoms with van der Waals surface area (Å²) in [6.45, 7) is 1.90. The van der Waals surface area contributed by atoms with Gasteiger partial charge in [0.15, 0.2) is 0 Å². The molecule has 13 heavy (non-hydrogen) atoms. The fourth-order valence-electron chi connectivity index (χ4n) is 1.26. The molecule has 4 N–H and O–H groups in total. The van der Waals surface area contributed by atoms with Crippen LogP contribution in [-0.4, -0.2) is 9.97 Å². The fraction of sp³-hybridized carbons (Fsp3) is 0.556. The van der Waals surface area contributed by atoms with Gasteiger partial charge in [0.25, 0.3) is 0 Å². The standard InChI is InChI=1S/C9H14N4/c1-5(10)7-4-8(11)13-9(12-7)6-2-3-6/h4-6H,2-3,10H2,1H3,(H2,11,12,13)/t5-/m0/s1. The Morgan fingerprint density at radius 1 is 1.46 bits per heavy atom. The molecule has 1 aromatic heterocycles. The maximum atomic E-state index is 5.73. The van der Waals surface area contributed by atoms with Gasteiger partial charge >= 0.3 is 0 Å². The van der Waals surface area contributed by atoms with Crippen LogP contribution < -0.4 is 11.5 Å². The first kappa shape index (κ1) is 8.44. The number of hydrogen-bond acceptors (Lipinski definition) is 4. The van der Waals surface area contributed by atoms with Crippen LogP contribution in [0.2, 0.25) is 0 Å². The molecule has 2 rings (SSSR count). The Morgan fingerprint density at radius 3 is 2.69 bits per heavy atom. The fourth-order valence-corrected chi connectivity index (χ4v) is 1.26. The number of nitrogens with two attached hydrogens (primary N) is 2. The number of anilines is 1. The summed E-state index contributed by atoms with van der Waals surface area (Å²) in [4.78, 5) is 8.57. The van der Waals surface area contributed by atoms with E-state index in [1.165, 1.54) is 12.8 Å². The zero-order chi connectivity index (χ0) is 9.42. The van der Waals surface area contributed by atoms with E-state index in [1.54, 1.807) is 6.07 Å². The first-order valence-corrected chi connectivity index (χ1v) is 4.56. The summed E-state index contributed by atoms with van der Waals surface area (Å²) in [6, 6.07) is 1.68. The van der Waals surface area contributed by atoms with Gasteiger partial charge in [-0.05, 0) is 19.8 Å². The summed E-state index contributed by atoms with van der Waals surface area (Å²) >= 11 is 0. The zero-order valence-corrected chi connectivity index (χ0v) is 7.70. The first-order valence-electron chi connectivity index (χ1n) is 4.56. The van der Waals surface area contributed by atoms with Gasteiger partial charge in [-0.2, -0.15) is 0 Å². The van der Waals surface area contributed by atoms with Crippen molar-refractivity contribution < 1.29 is 0 Å². The highest BCUT2D eigenvalue weighted by molar-refractivity contribution is 5.32. The maximum absolute atomic E-state index is 5.73. The lowest BCUT2D eigenvalue weighted by Gasteiger charge is -2.07. The largest absolute Gasteiger partial charge is 0.384 e. The Bertz CT molecular complexity index is 297. The number of aromatic nitrogens is 2. The van der Waals surface area contributed by atoms with Gasteiger partial charge in [0.1, 0.15) is 11.6 Å². The second-order valence-corrected chi connectivity index (χ2v) is 3.64. The van der Waals surface area contributed by atoms with Crippen LogP contribution >= 0.6 is 0 Å². The molecule has 1 atom stereocenters. The van der Waals surface area contributed by atoms with Gasteiger partial charge in [0.05, 0.1) is 5.69 Å². The van der Waals surface area contributed by atoms with Crippen LogP contribution in [0.15, 0.2) is 6.07 Å². The van der Waals surface area contributed by atoms with Crippen LogP contribution in [0.3, 0.4) is 0 Å². The first-order chi connectivity index (χ1) is 6.16. The molecule has 1 saturated carbocycles. The van der Waals surface area contributed by atoms with E-state index in [2.05, 4.69) is 9.97 Å². The van der Waals surface area contributed by atoms with Crippen molar-refractivity contribution in [2.45, 2.75) is 31.7 Å². The number of nitrogen functional groups attached to an aromatic ring is 1. The molecule has 1 aliphatic rings. The van der Waals surface area contributed by atoms with Gasteiger partial charge in [0, 0.05) is 18.0 Å². The van der Waals surface area contributed by atoms with E-state index in [9.17, 15) is 0 Å². The SMILES string of the molecule is C[C@H](N)c1cc(N)nc(C2CC2)n1. The molecule has 1 aromatic rings. The van der Waals surface area contributed by atoms with Crippen molar-refractivity contribution in [3.8, 4) is 0 Å². The lowest BCUT2D eigenvalue weighted by molar-refractivity contribution is 0.755. The van der Waals surface area contributed by atoms with E-state index < -0.39 is 0 Å². The molecule has 0 amide bonds. The molecule has 4 nitrogen and oxygen atoms in total. The van der Waals surface area contributed by atoms with Crippen molar-refractivity contribution in [3.63, 3.8) is 0 Å². The third-order valence-electron chi connectivity index (χ3n) is 2.19. The molecule has 0 radical (unpaired) electrons. The normalized spacial score (nSPS) is 18.6. The molecule has 4 heteroatoms. The molecule has 1 fully saturated rings. The van der Waals surface area contributed by atoms with E-state index in [0.717, 1.165) is 11.5 Å². The maximum Gasteiger partial charge on any atom is 0.134 e. The van der Waals surface area contributed by atoms with Gasteiger partial charge in [-0.1, -0.05) is 0 Å². The summed E-state index contributed by atoms with van der Waals surface area (Å²) in [7, 11) is 0. The minimum absolute atomic E-state index is 0.0669. The van der Waals surface area contributed by atoms with Crippen molar-refractivity contribution in [2.75, 3.05) is 5.73 Å². The smallest absolute Gasteiger partial charge is 0.134 e. The van der Waals surface area contributed by atoms with Crippen LogP contribution in [0.4, 0.5) is 5.82 Å². The van der Waals surface area contributed by atoms with Crippen LogP contribution in [0.25, 0.3) is 0 Å². The predicted molar refractivity (Wildman–Crippen MR) is 51.0 cm³/mol. The number of nitrogens with zero attached hydrogens (tertiary/aromatic N) is 2. The van der Waals surface area contributed by atoms with Crippen LogP contribution in [0.5, 0.6) is 0 Å². The Morgan fingerprint density at radius 2 is 2.15 bits per heavy atom. The average Bonchev–Trinajstić information content (AvgIpc) is 2.85. The van der Waals surface area contributed by atoms with Crippen molar-refractivity contribution in [1.29, 1.82) is 0 Å². The van der Waals surface area contributed by atoms with Crippen molar-refractivity contribution >= 4 is 5.82 Å². The quantitative estimate of drug-likeness (QED) is 0.707. The van der Waals surface area contributed by atoms with Crippen molar-refractivity contribution in [3.05, 3.63) is 17.6 Å². The summed E-state index contributed by atoms with van der Waals surface area (Å²) in [5.41, 5.74) is 12.2. The number of hydrogen-bond donors (Lipinski definition) is 2. The van der Waals surface area contributed by atoms with E-state index >= 15 is 0 Å². The average molecular weight is 178 g/mol. The summed E-state index contributed by atoms with van der Waals surface area (Å²) < 4.78 is 0. The molecule has 0 spiro atoms. The van der Waals surface area contributed by atoms with Gasteiger partial charge in [0.2, 0.25) is 0 Å². The van der Waals surface area contributed by atoms with Crippen LogP contribution in [-0.2, 0) is 0 Å². The molecule has 0 unspecified atom stereocenters. The highest BCUT2D eigenvalue weighted by Crippen LogP contribution is 2.38. The highest BCUT2D eigenvalue weighted by Gasteiger charge is 2.27. The van der Waals surface area contributed by atoms with Crippen molar-refractivity contribution in [1.82, 2.24) is 9.97 Å². The second-order valence-electron chi connectivity index (χ2n) is 3.64. The third kappa shape index (κ3) is 1.78. The van der Waals surface area contributed by atoms with Gasteiger partial charge in [-0.15, -0.1) is 0 Å². The molecule has 0 aliphatic heterocycles. The lowest BCUT2D eigenvalue weighted by Crippen LogP contribution is -2.11. The Labute approximate surface area is 77.4 Å². The highest BCUT2D eigenvalue weighted by atomic mass is 15.0. The zero-order valence-electron chi connectivity index (χ0n) is 7.70. The summed E-state index contributed by atoms with van der Waals surface area (Å²) in [5.74, 6) is 1.93. The lowest BCUT2D eigenvalue weighted by atomic mass is 10.2. The van der Waals surface area contributed by atoms with Gasteiger partial charge in [-0.25, -0.2) is 9.97 Å². The van der Waals surface area contributed by atoms with Gasteiger partial charge < -0.3 is 11.5 Å². The molecule has 0 bridgehead atoms. The Kier molecular flexibility index (Phi) is 1.92. The monoisotopic (exact) mass is 178 g/mol. The molecular weight excluding hydrogens is 164 g/mol. The minimum Gasteiger partial charge on any atom is -0.384 e. The molecule has 70 valence electrons. The van der Waals surface area contributed by atoms with E-state index in [-0.39, 0.29) is 6.04 Å². The van der Waals surface area contributed by atoms with Crippen LogP contribution in [0, 0.1) is 0 Å². The van der Waals surface area contributed by atoms with Crippen LogP contribution in [0.1, 0.15) is 43.2 Å². The molecule has 1 aliphatic carbocycles. The minimum atomic E-state index is -0.0669. The topological polar surface area (TPSA) is 77.8 Å². The van der Waals surface area contributed by atoms with E-state index in [4.69, 9.17) is 11.5 Å². The number of rotatable bonds is 2.